The number of halogens is 6. The Morgan fingerprint density at radius 1 is 0.975 bits per heavy atom. The van der Waals surface area contributed by atoms with Crippen molar-refractivity contribution in [2.75, 3.05) is 26.2 Å². The zero-order valence-corrected chi connectivity index (χ0v) is 21.8. The highest BCUT2D eigenvalue weighted by Crippen LogP contribution is 2.37. The molecule has 1 unspecified atom stereocenters. The van der Waals surface area contributed by atoms with Gasteiger partial charge in [-0.05, 0) is 79.8 Å². The minimum absolute atomic E-state index is 0.0174. The lowest BCUT2D eigenvalue weighted by Crippen LogP contribution is -2.56. The van der Waals surface area contributed by atoms with Gasteiger partial charge in [-0.3, -0.25) is 14.7 Å². The highest BCUT2D eigenvalue weighted by Gasteiger charge is 2.39. The maximum absolute atomic E-state index is 13.5. The SMILES string of the molecule is Cc1ccc(CC2CN(CCCc3cccnc3)CCN2C(=O)c2cc(C(F)(F)F)cc(C(F)(F)F)c2)cc1O. The number of amides is 1. The number of rotatable bonds is 7. The Hall–Kier alpha value is -3.60. The Bertz CT molecular complexity index is 1300. The van der Waals surface area contributed by atoms with Crippen molar-refractivity contribution in [3.8, 4) is 5.75 Å². The summed E-state index contributed by atoms with van der Waals surface area (Å²) < 4.78 is 80.7. The van der Waals surface area contributed by atoms with E-state index in [4.69, 9.17) is 0 Å². The van der Waals surface area contributed by atoms with E-state index in [0.29, 0.717) is 42.9 Å². The predicted molar refractivity (Wildman–Crippen MR) is 137 cm³/mol. The van der Waals surface area contributed by atoms with Gasteiger partial charge in [0, 0.05) is 43.6 Å². The van der Waals surface area contributed by atoms with Gasteiger partial charge < -0.3 is 10.0 Å². The second-order valence-corrected chi connectivity index (χ2v) is 10.0. The van der Waals surface area contributed by atoms with E-state index in [1.807, 2.05) is 12.1 Å². The van der Waals surface area contributed by atoms with Gasteiger partial charge in [0.1, 0.15) is 5.75 Å². The molecule has 5 nitrogen and oxygen atoms in total. The van der Waals surface area contributed by atoms with Gasteiger partial charge in [0.2, 0.25) is 0 Å². The number of piperazine rings is 1. The number of pyridine rings is 1. The molecule has 0 radical (unpaired) electrons. The van der Waals surface area contributed by atoms with Crippen molar-refractivity contribution in [2.24, 2.45) is 0 Å². The fourth-order valence-corrected chi connectivity index (χ4v) is 4.92. The molecule has 40 heavy (non-hydrogen) atoms. The fraction of sp³-hybridized carbons (Fsp3) is 0.379. The first-order valence-corrected chi connectivity index (χ1v) is 12.8. The zero-order valence-electron chi connectivity index (χ0n) is 21.8. The standard InChI is InChI=1S/C29H29F6N3O2/c1-19-6-7-21(13-26(19)39)12-25-18-37(9-3-5-20-4-2-8-36-17-20)10-11-38(25)27(40)22-14-23(28(30,31)32)16-24(15-22)29(33,34)35/h2,4,6-8,13-17,25,39H,3,5,9-12,18H2,1H3. The molecule has 0 aliphatic carbocycles. The molecule has 1 atom stereocenters. The van der Waals surface area contributed by atoms with Crippen LogP contribution in [-0.2, 0) is 25.2 Å². The molecule has 1 amide bonds. The molecule has 1 aliphatic heterocycles. The lowest BCUT2D eigenvalue weighted by molar-refractivity contribution is -0.143. The summed E-state index contributed by atoms with van der Waals surface area (Å²) in [6.07, 6.45) is -4.77. The Balaban J connectivity index is 1.59. The topological polar surface area (TPSA) is 56.7 Å². The van der Waals surface area contributed by atoms with Crippen LogP contribution in [0.2, 0.25) is 0 Å². The van der Waals surface area contributed by atoms with Crippen LogP contribution < -0.4 is 0 Å². The van der Waals surface area contributed by atoms with Crippen molar-refractivity contribution in [3.63, 3.8) is 0 Å². The summed E-state index contributed by atoms with van der Waals surface area (Å²) >= 11 is 0. The van der Waals surface area contributed by atoms with E-state index in [0.717, 1.165) is 18.4 Å². The number of carbonyl (C=O) groups is 1. The Morgan fingerprint density at radius 2 is 1.68 bits per heavy atom. The Kier molecular flexibility index (Phi) is 8.72. The average molecular weight is 566 g/mol. The molecule has 1 aromatic heterocycles. The molecule has 0 saturated carbocycles. The van der Waals surface area contributed by atoms with Crippen LogP contribution in [-0.4, -0.2) is 58.0 Å². The molecule has 2 heterocycles. The van der Waals surface area contributed by atoms with Gasteiger partial charge in [0.05, 0.1) is 11.1 Å². The van der Waals surface area contributed by atoms with E-state index < -0.39 is 41.0 Å². The van der Waals surface area contributed by atoms with Gasteiger partial charge >= 0.3 is 12.4 Å². The molecule has 1 fully saturated rings. The number of carbonyl (C=O) groups excluding carboxylic acids is 1. The summed E-state index contributed by atoms with van der Waals surface area (Å²) in [7, 11) is 0. The zero-order chi connectivity index (χ0) is 29.1. The smallest absolute Gasteiger partial charge is 0.416 e. The van der Waals surface area contributed by atoms with E-state index in [2.05, 4.69) is 9.88 Å². The van der Waals surface area contributed by atoms with E-state index in [-0.39, 0.29) is 24.8 Å². The Labute approximate surface area is 228 Å². The number of alkyl halides is 6. The third-order valence-corrected chi connectivity index (χ3v) is 7.07. The second kappa shape index (κ2) is 11.9. The van der Waals surface area contributed by atoms with Gasteiger partial charge in [-0.2, -0.15) is 26.3 Å². The van der Waals surface area contributed by atoms with E-state index in [1.165, 1.54) is 4.90 Å². The molecule has 3 aromatic rings. The number of nitrogens with zero attached hydrogens (tertiary/aromatic N) is 3. The summed E-state index contributed by atoms with van der Waals surface area (Å²) in [4.78, 5) is 21.1. The first-order chi connectivity index (χ1) is 18.8. The molecule has 214 valence electrons. The van der Waals surface area contributed by atoms with Gasteiger partial charge in [0.25, 0.3) is 5.91 Å². The predicted octanol–water partition coefficient (Wildman–Crippen LogP) is 6.14. The average Bonchev–Trinajstić information content (AvgIpc) is 2.90. The molecule has 4 rings (SSSR count). The van der Waals surface area contributed by atoms with E-state index in [1.54, 1.807) is 37.5 Å². The molecule has 2 aromatic carbocycles. The summed E-state index contributed by atoms with van der Waals surface area (Å²) in [6.45, 7) is 3.34. The number of hydrogen-bond donors (Lipinski definition) is 1. The molecule has 1 N–H and O–H groups in total. The van der Waals surface area contributed by atoms with Gasteiger partial charge in [-0.1, -0.05) is 18.2 Å². The number of phenols is 1. The van der Waals surface area contributed by atoms with Crippen molar-refractivity contribution in [3.05, 3.63) is 94.3 Å². The number of hydrogen-bond acceptors (Lipinski definition) is 4. The fourth-order valence-electron chi connectivity index (χ4n) is 4.92. The van der Waals surface area contributed by atoms with Crippen LogP contribution in [0.5, 0.6) is 5.75 Å². The molecule has 11 heteroatoms. The van der Waals surface area contributed by atoms with E-state index in [9.17, 15) is 36.2 Å². The number of aromatic nitrogens is 1. The molecule has 0 spiro atoms. The summed E-state index contributed by atoms with van der Waals surface area (Å²) in [5.74, 6) is -0.833. The molecular formula is C29H29F6N3O2. The van der Waals surface area contributed by atoms with Crippen LogP contribution in [0, 0.1) is 6.92 Å². The largest absolute Gasteiger partial charge is 0.508 e. The van der Waals surface area contributed by atoms with Crippen molar-refractivity contribution >= 4 is 5.91 Å². The van der Waals surface area contributed by atoms with Crippen LogP contribution in [0.15, 0.2) is 60.9 Å². The number of aromatic hydroxyl groups is 1. The third-order valence-electron chi connectivity index (χ3n) is 7.07. The lowest BCUT2D eigenvalue weighted by atomic mass is 9.98. The first kappa shape index (κ1) is 29.4. The molecular weight excluding hydrogens is 536 g/mol. The van der Waals surface area contributed by atoms with Gasteiger partial charge in [-0.15, -0.1) is 0 Å². The van der Waals surface area contributed by atoms with Crippen molar-refractivity contribution in [2.45, 2.75) is 44.6 Å². The van der Waals surface area contributed by atoms with E-state index >= 15 is 0 Å². The maximum atomic E-state index is 13.5. The first-order valence-electron chi connectivity index (χ1n) is 12.8. The number of phenolic OH excluding ortho intramolecular Hbond substituents is 1. The molecule has 1 saturated heterocycles. The summed E-state index contributed by atoms with van der Waals surface area (Å²) in [6, 6.07) is 9.32. The van der Waals surface area contributed by atoms with Crippen LogP contribution >= 0.6 is 0 Å². The monoisotopic (exact) mass is 565 g/mol. The van der Waals surface area contributed by atoms with Crippen molar-refractivity contribution < 1.29 is 36.2 Å². The van der Waals surface area contributed by atoms with Crippen LogP contribution in [0.3, 0.4) is 0 Å². The second-order valence-electron chi connectivity index (χ2n) is 10.0. The third kappa shape index (κ3) is 7.32. The van der Waals surface area contributed by atoms with Crippen LogP contribution in [0.1, 0.15) is 44.6 Å². The summed E-state index contributed by atoms with van der Waals surface area (Å²) in [5, 5.41) is 10.2. The van der Waals surface area contributed by atoms with Gasteiger partial charge in [0.15, 0.2) is 0 Å². The van der Waals surface area contributed by atoms with Crippen LogP contribution in [0.25, 0.3) is 0 Å². The quantitative estimate of drug-likeness (QED) is 0.350. The Morgan fingerprint density at radius 3 is 2.27 bits per heavy atom. The minimum atomic E-state index is -5.05. The lowest BCUT2D eigenvalue weighted by Gasteiger charge is -2.42. The summed E-state index contributed by atoms with van der Waals surface area (Å²) in [5.41, 5.74) is -1.29. The van der Waals surface area contributed by atoms with Crippen LogP contribution in [0.4, 0.5) is 26.3 Å². The highest BCUT2D eigenvalue weighted by atomic mass is 19.4. The maximum Gasteiger partial charge on any atom is 0.416 e. The van der Waals surface area contributed by atoms with Crippen molar-refractivity contribution in [1.82, 2.24) is 14.8 Å². The van der Waals surface area contributed by atoms with Crippen molar-refractivity contribution in [1.29, 1.82) is 0 Å². The highest BCUT2D eigenvalue weighted by molar-refractivity contribution is 5.95. The van der Waals surface area contributed by atoms with Gasteiger partial charge in [-0.25, -0.2) is 0 Å². The number of aryl methyl sites for hydroxylation is 2. The normalized spacial score (nSPS) is 16.8. The minimum Gasteiger partial charge on any atom is -0.508 e. The number of benzene rings is 2. The molecule has 1 aliphatic rings. The molecule has 0 bridgehead atoms.